The van der Waals surface area contributed by atoms with Crippen LogP contribution in [0.25, 0.3) is 11.0 Å². The van der Waals surface area contributed by atoms with Gasteiger partial charge in [0.15, 0.2) is 0 Å². The van der Waals surface area contributed by atoms with Gasteiger partial charge in [0.2, 0.25) is 5.91 Å². The average molecular weight is 415 g/mol. The Morgan fingerprint density at radius 3 is 3.03 bits per heavy atom. The van der Waals surface area contributed by atoms with Crippen molar-refractivity contribution in [1.82, 2.24) is 9.78 Å². The zero-order chi connectivity index (χ0) is 21.4. The largest absolute Gasteiger partial charge is 0.497 e. The molecule has 6 nitrogen and oxygen atoms in total. The summed E-state index contributed by atoms with van der Waals surface area (Å²) in [6.07, 6.45) is 6.91. The fourth-order valence-corrected chi connectivity index (χ4v) is 4.50. The number of anilines is 1. The molecule has 0 radical (unpaired) electrons. The second kappa shape index (κ2) is 7.95. The first-order valence-corrected chi connectivity index (χ1v) is 10.6. The van der Waals surface area contributed by atoms with E-state index in [-0.39, 0.29) is 18.4 Å². The number of hydrogen-bond donors (Lipinski definition) is 1. The Morgan fingerprint density at radius 1 is 1.29 bits per heavy atom. The minimum atomic E-state index is -0.0903. The Balaban J connectivity index is 1.39. The molecule has 1 unspecified atom stereocenters. The minimum absolute atomic E-state index is 0.0903. The first-order valence-electron chi connectivity index (χ1n) is 10.6. The van der Waals surface area contributed by atoms with Gasteiger partial charge in [-0.1, -0.05) is 24.3 Å². The zero-order valence-electron chi connectivity index (χ0n) is 17.7. The first kappa shape index (κ1) is 19.4. The van der Waals surface area contributed by atoms with Crippen LogP contribution in [0.5, 0.6) is 5.75 Å². The molecule has 1 amide bonds. The molecule has 31 heavy (non-hydrogen) atoms. The van der Waals surface area contributed by atoms with Crippen LogP contribution in [0, 0.1) is 6.92 Å². The normalized spacial score (nSPS) is 15.6. The van der Waals surface area contributed by atoms with E-state index in [4.69, 9.17) is 9.15 Å². The van der Waals surface area contributed by atoms with E-state index in [1.807, 2.05) is 36.0 Å². The number of aryl methyl sites for hydroxylation is 2. The highest BCUT2D eigenvalue weighted by Crippen LogP contribution is 2.35. The lowest BCUT2D eigenvalue weighted by Crippen LogP contribution is -2.23. The number of benzene rings is 2. The fraction of sp³-hybridized carbons (Fsp3) is 0.280. The molecule has 0 saturated carbocycles. The molecule has 0 spiro atoms. The summed E-state index contributed by atoms with van der Waals surface area (Å²) in [6, 6.07) is 14.3. The molecule has 2 aromatic carbocycles. The molecule has 0 saturated heterocycles. The second-order valence-electron chi connectivity index (χ2n) is 8.08. The van der Waals surface area contributed by atoms with E-state index < -0.39 is 0 Å². The molecular weight excluding hydrogens is 390 g/mol. The van der Waals surface area contributed by atoms with Crippen molar-refractivity contribution in [3.8, 4) is 5.75 Å². The van der Waals surface area contributed by atoms with Crippen molar-refractivity contribution in [2.75, 3.05) is 12.4 Å². The van der Waals surface area contributed by atoms with Crippen LogP contribution in [-0.4, -0.2) is 22.8 Å². The molecule has 1 aliphatic rings. The summed E-state index contributed by atoms with van der Waals surface area (Å²) in [7, 11) is 1.62. The average Bonchev–Trinajstić information content (AvgIpc) is 3.36. The summed E-state index contributed by atoms with van der Waals surface area (Å²) in [4.78, 5) is 13.0. The summed E-state index contributed by atoms with van der Waals surface area (Å²) >= 11 is 0. The molecule has 0 bridgehead atoms. The van der Waals surface area contributed by atoms with Crippen molar-refractivity contribution >= 4 is 22.7 Å². The fourth-order valence-electron chi connectivity index (χ4n) is 4.50. The van der Waals surface area contributed by atoms with E-state index in [0.717, 1.165) is 47.3 Å². The lowest BCUT2D eigenvalue weighted by molar-refractivity contribution is -0.115. The van der Waals surface area contributed by atoms with Gasteiger partial charge in [0, 0.05) is 22.6 Å². The molecule has 2 aromatic heterocycles. The molecule has 4 aromatic rings. The number of carbonyl (C=O) groups excluding carboxylic acids is 1. The number of hydrogen-bond acceptors (Lipinski definition) is 4. The topological polar surface area (TPSA) is 69.3 Å². The lowest BCUT2D eigenvalue weighted by atomic mass is 9.88. The van der Waals surface area contributed by atoms with E-state index in [1.54, 1.807) is 13.4 Å². The maximum Gasteiger partial charge on any atom is 0.230 e. The standard InChI is InChI=1S/C25H25N3O3/c1-16-14-26-28(22-9-5-7-17-6-3-4-8-20(17)22)25(16)27-24(29)12-18-15-31-23-13-19(30-2)10-11-21(18)23/h3-4,6,8,10-11,13-15,22H,5,7,9,12H2,1-2H3,(H,27,29). The van der Waals surface area contributed by atoms with Gasteiger partial charge in [-0.2, -0.15) is 5.10 Å². The van der Waals surface area contributed by atoms with Crippen LogP contribution in [0.4, 0.5) is 5.82 Å². The number of ether oxygens (including phenoxy) is 1. The van der Waals surface area contributed by atoms with Gasteiger partial charge in [-0.15, -0.1) is 0 Å². The summed E-state index contributed by atoms with van der Waals surface area (Å²) in [5.41, 5.74) is 5.17. The summed E-state index contributed by atoms with van der Waals surface area (Å²) in [5, 5.41) is 8.65. The highest BCUT2D eigenvalue weighted by atomic mass is 16.5. The molecule has 1 N–H and O–H groups in total. The zero-order valence-corrected chi connectivity index (χ0v) is 17.7. The van der Waals surface area contributed by atoms with Gasteiger partial charge in [-0.05, 0) is 49.4 Å². The lowest BCUT2D eigenvalue weighted by Gasteiger charge is -2.27. The summed E-state index contributed by atoms with van der Waals surface area (Å²) in [5.74, 6) is 1.40. The Bertz CT molecular complexity index is 1250. The van der Waals surface area contributed by atoms with Crippen molar-refractivity contribution in [3.05, 3.63) is 77.2 Å². The van der Waals surface area contributed by atoms with E-state index in [1.165, 1.54) is 11.1 Å². The van der Waals surface area contributed by atoms with Gasteiger partial charge < -0.3 is 14.5 Å². The molecule has 0 fully saturated rings. The van der Waals surface area contributed by atoms with Crippen LogP contribution >= 0.6 is 0 Å². The molecule has 0 aliphatic heterocycles. The number of fused-ring (bicyclic) bond motifs is 2. The number of nitrogens with one attached hydrogen (secondary N) is 1. The molecule has 1 aliphatic carbocycles. The van der Waals surface area contributed by atoms with Crippen molar-refractivity contribution < 1.29 is 13.9 Å². The van der Waals surface area contributed by atoms with Gasteiger partial charge in [0.05, 0.1) is 32.0 Å². The highest BCUT2D eigenvalue weighted by Gasteiger charge is 2.25. The molecule has 2 heterocycles. The van der Waals surface area contributed by atoms with Crippen LogP contribution in [0.1, 0.15) is 41.1 Å². The number of carbonyl (C=O) groups is 1. The second-order valence-corrected chi connectivity index (χ2v) is 8.08. The number of amides is 1. The van der Waals surface area contributed by atoms with Crippen LogP contribution in [0.3, 0.4) is 0 Å². The Morgan fingerprint density at radius 2 is 2.16 bits per heavy atom. The van der Waals surface area contributed by atoms with Crippen molar-refractivity contribution in [2.24, 2.45) is 0 Å². The molecule has 6 heteroatoms. The van der Waals surface area contributed by atoms with Crippen LogP contribution in [0.15, 0.2) is 59.3 Å². The summed E-state index contributed by atoms with van der Waals surface area (Å²) in [6.45, 7) is 1.98. The van der Waals surface area contributed by atoms with Crippen LogP contribution in [-0.2, 0) is 17.6 Å². The summed E-state index contributed by atoms with van der Waals surface area (Å²) < 4.78 is 12.9. The third-order valence-electron chi connectivity index (χ3n) is 6.08. The van der Waals surface area contributed by atoms with E-state index in [9.17, 15) is 4.79 Å². The van der Waals surface area contributed by atoms with Crippen LogP contribution in [0.2, 0.25) is 0 Å². The molecule has 5 rings (SSSR count). The molecule has 158 valence electrons. The van der Waals surface area contributed by atoms with Gasteiger partial charge in [-0.3, -0.25) is 4.79 Å². The number of rotatable bonds is 5. The Kier molecular flexibility index (Phi) is 4.98. The van der Waals surface area contributed by atoms with Crippen molar-refractivity contribution in [3.63, 3.8) is 0 Å². The van der Waals surface area contributed by atoms with Gasteiger partial charge >= 0.3 is 0 Å². The Hall–Kier alpha value is -3.54. The SMILES string of the molecule is COc1ccc2c(CC(=O)Nc3c(C)cnn3C3CCCc4ccccc43)coc2c1. The van der Waals surface area contributed by atoms with E-state index >= 15 is 0 Å². The van der Waals surface area contributed by atoms with Crippen molar-refractivity contribution in [1.29, 1.82) is 0 Å². The maximum absolute atomic E-state index is 13.0. The van der Waals surface area contributed by atoms with E-state index in [0.29, 0.717) is 5.58 Å². The number of nitrogens with zero attached hydrogens (tertiary/aromatic N) is 2. The monoisotopic (exact) mass is 415 g/mol. The molecule has 1 atom stereocenters. The van der Waals surface area contributed by atoms with Gasteiger partial charge in [0.25, 0.3) is 0 Å². The number of furan rings is 1. The first-order chi connectivity index (χ1) is 15.1. The third-order valence-corrected chi connectivity index (χ3v) is 6.08. The third kappa shape index (κ3) is 3.58. The predicted octanol–water partition coefficient (Wildman–Crippen LogP) is 5.05. The highest BCUT2D eigenvalue weighted by molar-refractivity contribution is 5.95. The van der Waals surface area contributed by atoms with E-state index in [2.05, 4.69) is 34.7 Å². The van der Waals surface area contributed by atoms with Gasteiger partial charge in [-0.25, -0.2) is 4.68 Å². The number of aromatic nitrogens is 2. The Labute approximate surface area is 180 Å². The predicted molar refractivity (Wildman–Crippen MR) is 120 cm³/mol. The molecular formula is C25H25N3O3. The number of methoxy groups -OCH3 is 1. The van der Waals surface area contributed by atoms with Crippen molar-refractivity contribution in [2.45, 2.75) is 38.6 Å². The quantitative estimate of drug-likeness (QED) is 0.495. The van der Waals surface area contributed by atoms with Crippen LogP contribution < -0.4 is 10.1 Å². The van der Waals surface area contributed by atoms with Gasteiger partial charge in [0.1, 0.15) is 17.2 Å². The maximum atomic E-state index is 13.0. The minimum Gasteiger partial charge on any atom is -0.497 e. The smallest absolute Gasteiger partial charge is 0.230 e.